The minimum atomic E-state index is -1.12. The number of hydrogen-bond acceptors (Lipinski definition) is 6. The van der Waals surface area contributed by atoms with E-state index in [4.69, 9.17) is 17.2 Å². The molecule has 3 aromatic carbocycles. The molecule has 8 N–H and O–H groups in total. The number of carbonyl (C=O) groups is 4. The largest absolute Gasteiger partial charge is 0.368 e. The van der Waals surface area contributed by atoms with E-state index in [0.29, 0.717) is 31.4 Å². The van der Waals surface area contributed by atoms with E-state index in [1.54, 1.807) is 6.08 Å². The quantitative estimate of drug-likeness (QED) is 0.111. The predicted molar refractivity (Wildman–Crippen MR) is 182 cm³/mol. The van der Waals surface area contributed by atoms with Gasteiger partial charge in [-0.2, -0.15) is 0 Å². The molecule has 10 nitrogen and oxygen atoms in total. The SMILES string of the molecule is CN(C(=O)[C@@H](Cc1ccc2ccccc2c1)NC(=O)/C=C/CC(C)(C)N)[C@H](Cc1ccc(F)cc1)C(=O)N[C@@H](CCCCN)C(N)=O. The molecule has 0 aliphatic heterocycles. The van der Waals surface area contributed by atoms with Crippen molar-refractivity contribution >= 4 is 34.4 Å². The number of nitrogens with zero attached hydrogens (tertiary/aromatic N) is 1. The molecular formula is C36H47FN6O4. The van der Waals surface area contributed by atoms with Gasteiger partial charge in [0.05, 0.1) is 0 Å². The summed E-state index contributed by atoms with van der Waals surface area (Å²) in [7, 11) is 1.47. The van der Waals surface area contributed by atoms with E-state index in [0.717, 1.165) is 16.3 Å². The van der Waals surface area contributed by atoms with Gasteiger partial charge in [-0.25, -0.2) is 4.39 Å². The Hall–Kier alpha value is -4.61. The highest BCUT2D eigenvalue weighted by Gasteiger charge is 2.34. The van der Waals surface area contributed by atoms with E-state index in [1.165, 1.54) is 42.3 Å². The average Bonchev–Trinajstić information content (AvgIpc) is 3.02. The van der Waals surface area contributed by atoms with Gasteiger partial charge in [-0.15, -0.1) is 0 Å². The number of nitrogens with two attached hydrogens (primary N) is 3. The monoisotopic (exact) mass is 646 g/mol. The smallest absolute Gasteiger partial charge is 0.245 e. The van der Waals surface area contributed by atoms with Crippen LogP contribution in [0.2, 0.25) is 0 Å². The molecule has 47 heavy (non-hydrogen) atoms. The van der Waals surface area contributed by atoms with Crippen LogP contribution in [0.25, 0.3) is 10.8 Å². The van der Waals surface area contributed by atoms with Gasteiger partial charge in [0.1, 0.15) is 23.9 Å². The van der Waals surface area contributed by atoms with Crippen LogP contribution in [0.15, 0.2) is 78.9 Å². The molecule has 0 radical (unpaired) electrons. The van der Waals surface area contributed by atoms with Crippen molar-refractivity contribution in [1.29, 1.82) is 0 Å². The van der Waals surface area contributed by atoms with Gasteiger partial charge in [-0.1, -0.05) is 60.7 Å². The summed E-state index contributed by atoms with van der Waals surface area (Å²) in [5, 5.41) is 7.52. The lowest BCUT2D eigenvalue weighted by Gasteiger charge is -2.32. The summed E-state index contributed by atoms with van der Waals surface area (Å²) in [4.78, 5) is 54.5. The predicted octanol–water partition coefficient (Wildman–Crippen LogP) is 2.86. The standard InChI is InChI=1S/C36H47FN6O4/c1-36(2,40)19-8-12-32(44)41-30(22-25-13-16-26-9-4-5-10-27(26)21-25)35(47)43(3)31(23-24-14-17-28(37)18-15-24)34(46)42-29(33(39)45)11-6-7-20-38/h4-5,8-10,12-18,21,29-31H,6-7,11,19-20,22-23,38,40H2,1-3H3,(H2,39,45)(H,41,44)(H,42,46)/b12-8+/t29-,30+,31+/m0/s1. The van der Waals surface area contributed by atoms with Gasteiger partial charge in [-0.05, 0) is 86.2 Å². The lowest BCUT2D eigenvalue weighted by atomic mass is 9.98. The van der Waals surface area contributed by atoms with Crippen LogP contribution in [0.3, 0.4) is 0 Å². The van der Waals surface area contributed by atoms with Crippen molar-refractivity contribution in [2.24, 2.45) is 17.2 Å². The number of hydrogen-bond donors (Lipinski definition) is 5. The molecule has 0 saturated carbocycles. The normalized spacial score (nSPS) is 13.6. The molecule has 3 atom stereocenters. The highest BCUT2D eigenvalue weighted by molar-refractivity contribution is 5.96. The molecule has 0 saturated heterocycles. The molecular weight excluding hydrogens is 599 g/mol. The Labute approximate surface area is 275 Å². The maximum absolute atomic E-state index is 14.2. The molecule has 3 rings (SSSR count). The van der Waals surface area contributed by atoms with Crippen molar-refractivity contribution in [3.8, 4) is 0 Å². The molecule has 0 unspecified atom stereocenters. The van der Waals surface area contributed by atoms with Gasteiger partial charge in [0.25, 0.3) is 0 Å². The van der Waals surface area contributed by atoms with Gasteiger partial charge < -0.3 is 32.7 Å². The van der Waals surface area contributed by atoms with Gasteiger partial charge in [0, 0.05) is 25.4 Å². The Morgan fingerprint density at radius 3 is 2.19 bits per heavy atom. The van der Waals surface area contributed by atoms with Crippen molar-refractivity contribution in [2.75, 3.05) is 13.6 Å². The second kappa shape index (κ2) is 17.3. The lowest BCUT2D eigenvalue weighted by molar-refractivity contribution is -0.142. The molecule has 3 aromatic rings. The van der Waals surface area contributed by atoms with E-state index in [2.05, 4.69) is 10.6 Å². The van der Waals surface area contributed by atoms with Crippen LogP contribution in [-0.2, 0) is 32.0 Å². The number of benzene rings is 3. The molecule has 0 bridgehead atoms. The van der Waals surface area contributed by atoms with Gasteiger partial charge >= 0.3 is 0 Å². The second-order valence-corrected chi connectivity index (χ2v) is 12.6. The number of nitrogens with one attached hydrogen (secondary N) is 2. The number of halogens is 1. The molecule has 0 spiro atoms. The van der Waals surface area contributed by atoms with Gasteiger partial charge in [0.2, 0.25) is 23.6 Å². The molecule has 11 heteroatoms. The number of likely N-dealkylation sites (N-methyl/N-ethyl adjacent to an activating group) is 1. The Morgan fingerprint density at radius 1 is 0.894 bits per heavy atom. The summed E-state index contributed by atoms with van der Waals surface area (Å²) in [5.74, 6) is -2.78. The first-order chi connectivity index (χ1) is 22.3. The summed E-state index contributed by atoms with van der Waals surface area (Å²) in [6.07, 6.45) is 5.09. The van der Waals surface area contributed by atoms with Crippen LogP contribution in [0.5, 0.6) is 0 Å². The summed E-state index contributed by atoms with van der Waals surface area (Å²) in [6.45, 7) is 4.10. The van der Waals surface area contributed by atoms with Gasteiger partial charge in [-0.3, -0.25) is 19.2 Å². The highest BCUT2D eigenvalue weighted by Crippen LogP contribution is 2.19. The number of carbonyl (C=O) groups excluding carboxylic acids is 4. The minimum absolute atomic E-state index is 0.0186. The molecule has 0 heterocycles. The fraction of sp³-hybridized carbons (Fsp3) is 0.389. The highest BCUT2D eigenvalue weighted by atomic mass is 19.1. The van der Waals surface area contributed by atoms with Crippen molar-refractivity contribution in [2.45, 2.75) is 76.0 Å². The Balaban J connectivity index is 1.94. The number of rotatable bonds is 17. The first-order valence-corrected chi connectivity index (χ1v) is 15.8. The summed E-state index contributed by atoms with van der Waals surface area (Å²) in [5.41, 5.74) is 18.1. The summed E-state index contributed by atoms with van der Waals surface area (Å²) in [6, 6.07) is 16.0. The van der Waals surface area contributed by atoms with Crippen molar-refractivity contribution in [1.82, 2.24) is 15.5 Å². The summed E-state index contributed by atoms with van der Waals surface area (Å²) >= 11 is 0. The zero-order valence-electron chi connectivity index (χ0n) is 27.4. The summed E-state index contributed by atoms with van der Waals surface area (Å²) < 4.78 is 13.7. The third-order valence-electron chi connectivity index (χ3n) is 7.85. The van der Waals surface area contributed by atoms with E-state index < -0.39 is 53.1 Å². The van der Waals surface area contributed by atoms with Crippen molar-refractivity contribution < 1.29 is 23.6 Å². The van der Waals surface area contributed by atoms with Crippen molar-refractivity contribution in [3.05, 3.63) is 95.8 Å². The zero-order valence-corrected chi connectivity index (χ0v) is 27.4. The van der Waals surface area contributed by atoms with Crippen LogP contribution >= 0.6 is 0 Å². The second-order valence-electron chi connectivity index (χ2n) is 12.6. The van der Waals surface area contributed by atoms with Crippen LogP contribution < -0.4 is 27.8 Å². The fourth-order valence-electron chi connectivity index (χ4n) is 5.19. The average molecular weight is 647 g/mol. The number of amides is 4. The molecule has 0 fully saturated rings. The maximum Gasteiger partial charge on any atom is 0.245 e. The lowest BCUT2D eigenvalue weighted by Crippen LogP contribution is -2.57. The molecule has 0 aliphatic carbocycles. The molecule has 0 aliphatic rings. The van der Waals surface area contributed by atoms with Crippen LogP contribution in [0.1, 0.15) is 50.7 Å². The van der Waals surface area contributed by atoms with Crippen molar-refractivity contribution in [3.63, 3.8) is 0 Å². The first kappa shape index (κ1) is 36.9. The van der Waals surface area contributed by atoms with E-state index in [1.807, 2.05) is 56.3 Å². The van der Waals surface area contributed by atoms with E-state index in [9.17, 15) is 23.6 Å². The third kappa shape index (κ3) is 11.9. The Bertz CT molecular complexity index is 1550. The van der Waals surface area contributed by atoms with Crippen LogP contribution in [0, 0.1) is 5.82 Å². The van der Waals surface area contributed by atoms with Crippen LogP contribution in [0.4, 0.5) is 4.39 Å². The Morgan fingerprint density at radius 2 is 1.55 bits per heavy atom. The third-order valence-corrected chi connectivity index (χ3v) is 7.85. The number of unbranched alkanes of at least 4 members (excludes halogenated alkanes) is 1. The topological polar surface area (TPSA) is 174 Å². The minimum Gasteiger partial charge on any atom is -0.368 e. The Kier molecular flexibility index (Phi) is 13.6. The zero-order chi connectivity index (χ0) is 34.6. The van der Waals surface area contributed by atoms with Gasteiger partial charge in [0.15, 0.2) is 0 Å². The van der Waals surface area contributed by atoms with E-state index >= 15 is 0 Å². The number of fused-ring (bicyclic) bond motifs is 1. The molecule has 252 valence electrons. The molecule has 4 amide bonds. The first-order valence-electron chi connectivity index (χ1n) is 15.8. The van der Waals surface area contributed by atoms with Crippen LogP contribution in [-0.4, -0.2) is 65.8 Å². The van der Waals surface area contributed by atoms with E-state index in [-0.39, 0.29) is 19.3 Å². The fourth-order valence-corrected chi connectivity index (χ4v) is 5.19. The maximum atomic E-state index is 14.2. The number of primary amides is 1. The molecule has 0 aromatic heterocycles.